The van der Waals surface area contributed by atoms with Crippen LogP contribution in [0.25, 0.3) is 0 Å². The van der Waals surface area contributed by atoms with E-state index in [1.54, 1.807) is 0 Å². The van der Waals surface area contributed by atoms with Crippen molar-refractivity contribution in [3.8, 4) is 0 Å². The minimum Gasteiger partial charge on any atom is -0.283 e. The number of thioether (sulfide) groups is 1. The average molecular weight is 171 g/mol. The summed E-state index contributed by atoms with van der Waals surface area (Å²) >= 11 is 1.96. The summed E-state index contributed by atoms with van der Waals surface area (Å²) < 4.78 is 0. The van der Waals surface area contributed by atoms with Gasteiger partial charge in [0.15, 0.2) is 0 Å². The van der Waals surface area contributed by atoms with E-state index in [-0.39, 0.29) is 0 Å². The average Bonchev–Trinajstić information content (AvgIpc) is 1.84. The van der Waals surface area contributed by atoms with Crippen molar-refractivity contribution in [2.45, 2.75) is 33.1 Å². The van der Waals surface area contributed by atoms with E-state index >= 15 is 0 Å². The second-order valence-corrected chi connectivity index (χ2v) is 4.40. The van der Waals surface area contributed by atoms with E-state index in [0.29, 0.717) is 5.92 Å². The van der Waals surface area contributed by atoms with Crippen LogP contribution >= 0.6 is 11.8 Å². The van der Waals surface area contributed by atoms with Crippen molar-refractivity contribution in [3.05, 3.63) is 0 Å². The molecule has 1 rings (SSSR count). The van der Waals surface area contributed by atoms with Gasteiger partial charge in [-0.25, -0.2) is 0 Å². The Hall–Kier alpha value is 0.0200. The SMILES string of the molecule is CC(C)C1=NCCCCCS1. The molecule has 0 bridgehead atoms. The predicted octanol–water partition coefficient (Wildman–Crippen LogP) is 2.96. The molecule has 1 aliphatic heterocycles. The Kier molecular flexibility index (Phi) is 3.98. The van der Waals surface area contributed by atoms with Crippen LogP contribution in [0.4, 0.5) is 0 Å². The van der Waals surface area contributed by atoms with E-state index in [2.05, 4.69) is 18.8 Å². The van der Waals surface area contributed by atoms with Crippen molar-refractivity contribution in [2.75, 3.05) is 12.3 Å². The van der Waals surface area contributed by atoms with Crippen LogP contribution in [0.15, 0.2) is 4.99 Å². The van der Waals surface area contributed by atoms with E-state index in [4.69, 9.17) is 0 Å². The third-order valence-electron chi connectivity index (χ3n) is 1.81. The number of hydrogen-bond acceptors (Lipinski definition) is 2. The highest BCUT2D eigenvalue weighted by Gasteiger charge is 2.06. The normalized spacial score (nSPS) is 20.8. The molecule has 0 fully saturated rings. The molecule has 0 saturated heterocycles. The fraction of sp³-hybridized carbons (Fsp3) is 0.889. The standard InChI is InChI=1S/C9H17NS/c1-8(2)9-10-6-4-3-5-7-11-9/h8H,3-7H2,1-2H3. The molecule has 0 radical (unpaired) electrons. The van der Waals surface area contributed by atoms with Gasteiger partial charge in [0.25, 0.3) is 0 Å². The van der Waals surface area contributed by atoms with Crippen molar-refractivity contribution in [1.29, 1.82) is 0 Å². The Balaban J connectivity index is 2.45. The van der Waals surface area contributed by atoms with E-state index in [9.17, 15) is 0 Å². The molecule has 0 aromatic carbocycles. The molecular weight excluding hydrogens is 154 g/mol. The van der Waals surface area contributed by atoms with Gasteiger partial charge in [0, 0.05) is 12.5 Å². The van der Waals surface area contributed by atoms with E-state index < -0.39 is 0 Å². The largest absolute Gasteiger partial charge is 0.283 e. The fourth-order valence-corrected chi connectivity index (χ4v) is 2.23. The van der Waals surface area contributed by atoms with Gasteiger partial charge in [0.05, 0.1) is 5.04 Å². The van der Waals surface area contributed by atoms with E-state index in [1.807, 2.05) is 11.8 Å². The van der Waals surface area contributed by atoms with Gasteiger partial charge in [-0.1, -0.05) is 20.3 Å². The molecule has 0 aromatic heterocycles. The van der Waals surface area contributed by atoms with Gasteiger partial charge in [-0.05, 0) is 18.6 Å². The first-order valence-corrected chi connectivity index (χ1v) is 5.46. The molecule has 1 heterocycles. The molecule has 2 heteroatoms. The smallest absolute Gasteiger partial charge is 0.0701 e. The van der Waals surface area contributed by atoms with Crippen LogP contribution in [0.3, 0.4) is 0 Å². The molecule has 0 saturated carbocycles. The molecule has 1 aliphatic rings. The zero-order chi connectivity index (χ0) is 8.10. The summed E-state index contributed by atoms with van der Waals surface area (Å²) in [5.74, 6) is 1.91. The van der Waals surface area contributed by atoms with Crippen LogP contribution in [-0.2, 0) is 0 Å². The quantitative estimate of drug-likeness (QED) is 0.591. The van der Waals surface area contributed by atoms with Gasteiger partial charge >= 0.3 is 0 Å². The molecule has 0 N–H and O–H groups in total. The highest BCUT2D eigenvalue weighted by Crippen LogP contribution is 2.17. The van der Waals surface area contributed by atoms with Gasteiger partial charge in [0.2, 0.25) is 0 Å². The van der Waals surface area contributed by atoms with Crippen LogP contribution < -0.4 is 0 Å². The Morgan fingerprint density at radius 2 is 2.09 bits per heavy atom. The minimum absolute atomic E-state index is 0.637. The van der Waals surface area contributed by atoms with E-state index in [0.717, 1.165) is 6.54 Å². The van der Waals surface area contributed by atoms with Crippen molar-refractivity contribution in [1.82, 2.24) is 0 Å². The summed E-state index contributed by atoms with van der Waals surface area (Å²) in [6, 6.07) is 0. The summed E-state index contributed by atoms with van der Waals surface area (Å²) in [5.41, 5.74) is 0. The molecule has 1 nitrogen and oxygen atoms in total. The minimum atomic E-state index is 0.637. The van der Waals surface area contributed by atoms with Crippen LogP contribution in [0.1, 0.15) is 33.1 Å². The molecule has 64 valence electrons. The maximum atomic E-state index is 4.56. The molecule has 0 unspecified atom stereocenters. The topological polar surface area (TPSA) is 12.4 Å². The first-order chi connectivity index (χ1) is 5.30. The molecule has 0 spiro atoms. The van der Waals surface area contributed by atoms with Crippen molar-refractivity contribution in [3.63, 3.8) is 0 Å². The summed E-state index contributed by atoms with van der Waals surface area (Å²) in [6.07, 6.45) is 4.02. The van der Waals surface area contributed by atoms with Crippen molar-refractivity contribution < 1.29 is 0 Å². The summed E-state index contributed by atoms with van der Waals surface area (Å²) in [4.78, 5) is 4.56. The Morgan fingerprint density at radius 1 is 1.27 bits per heavy atom. The van der Waals surface area contributed by atoms with Crippen LogP contribution in [0, 0.1) is 5.92 Å². The van der Waals surface area contributed by atoms with Gasteiger partial charge in [0.1, 0.15) is 0 Å². The highest BCUT2D eigenvalue weighted by molar-refractivity contribution is 8.13. The van der Waals surface area contributed by atoms with Crippen LogP contribution in [0.2, 0.25) is 0 Å². The maximum Gasteiger partial charge on any atom is 0.0701 e. The monoisotopic (exact) mass is 171 g/mol. The molecular formula is C9H17NS. The van der Waals surface area contributed by atoms with Crippen molar-refractivity contribution in [2.24, 2.45) is 10.9 Å². The molecule has 0 atom stereocenters. The second kappa shape index (κ2) is 4.81. The Morgan fingerprint density at radius 3 is 2.82 bits per heavy atom. The zero-order valence-corrected chi connectivity index (χ0v) is 8.28. The predicted molar refractivity (Wildman–Crippen MR) is 53.4 cm³/mol. The maximum absolute atomic E-state index is 4.56. The fourth-order valence-electron chi connectivity index (χ4n) is 1.15. The highest BCUT2D eigenvalue weighted by atomic mass is 32.2. The Labute approximate surface area is 73.7 Å². The zero-order valence-electron chi connectivity index (χ0n) is 7.47. The van der Waals surface area contributed by atoms with Gasteiger partial charge in [-0.2, -0.15) is 0 Å². The molecule has 0 aliphatic carbocycles. The lowest BCUT2D eigenvalue weighted by atomic mass is 10.2. The lowest BCUT2D eigenvalue weighted by molar-refractivity contribution is 0.725. The molecule has 0 aromatic rings. The van der Waals surface area contributed by atoms with Gasteiger partial charge < -0.3 is 0 Å². The Bertz CT molecular complexity index is 140. The number of hydrogen-bond donors (Lipinski definition) is 0. The number of nitrogens with zero attached hydrogens (tertiary/aromatic N) is 1. The number of aliphatic imine (C=N–C) groups is 1. The number of rotatable bonds is 1. The summed E-state index contributed by atoms with van der Waals surface area (Å²) in [7, 11) is 0. The molecule has 11 heavy (non-hydrogen) atoms. The summed E-state index contributed by atoms with van der Waals surface area (Å²) in [5, 5.41) is 1.37. The summed E-state index contributed by atoms with van der Waals surface area (Å²) in [6.45, 7) is 5.52. The van der Waals surface area contributed by atoms with Crippen molar-refractivity contribution >= 4 is 16.8 Å². The third-order valence-corrected chi connectivity index (χ3v) is 3.20. The van der Waals surface area contributed by atoms with Gasteiger partial charge in [-0.15, -0.1) is 11.8 Å². The third kappa shape index (κ3) is 3.28. The van der Waals surface area contributed by atoms with Gasteiger partial charge in [-0.3, -0.25) is 4.99 Å². The van der Waals surface area contributed by atoms with Crippen LogP contribution in [-0.4, -0.2) is 17.3 Å². The first-order valence-electron chi connectivity index (χ1n) is 4.48. The first kappa shape index (κ1) is 9.11. The second-order valence-electron chi connectivity index (χ2n) is 3.28. The lowest BCUT2D eigenvalue weighted by Gasteiger charge is -2.12. The molecule has 0 amide bonds. The van der Waals surface area contributed by atoms with Crippen LogP contribution in [0.5, 0.6) is 0 Å². The lowest BCUT2D eigenvalue weighted by Crippen LogP contribution is -2.07. The van der Waals surface area contributed by atoms with E-state index in [1.165, 1.54) is 30.1 Å².